The third kappa shape index (κ3) is 5.92. The van der Waals surface area contributed by atoms with Gasteiger partial charge in [0.05, 0.1) is 0 Å². The summed E-state index contributed by atoms with van der Waals surface area (Å²) in [5, 5.41) is 3.03. The van der Waals surface area contributed by atoms with Gasteiger partial charge in [-0.05, 0) is 26.4 Å². The molecular formula is C5H13N2. The van der Waals surface area contributed by atoms with Crippen LogP contribution in [0.15, 0.2) is 0 Å². The Bertz CT molecular complexity index is 25.3. The van der Waals surface area contributed by atoms with Crippen LogP contribution in [-0.4, -0.2) is 13.6 Å². The summed E-state index contributed by atoms with van der Waals surface area (Å²) in [6.07, 6.45) is 2.16. The first kappa shape index (κ1) is 6.92. The molecule has 0 spiro atoms. The molecule has 0 bridgehead atoms. The summed E-state index contributed by atoms with van der Waals surface area (Å²) in [6, 6.07) is 0. The summed E-state index contributed by atoms with van der Waals surface area (Å²) >= 11 is 0. The number of nitrogens with two attached hydrogens (primary N) is 1. The highest BCUT2D eigenvalue weighted by atomic mass is 14.8. The number of rotatable bonds is 4. The third-order valence-electron chi connectivity index (χ3n) is 0.798. The van der Waals surface area contributed by atoms with Crippen molar-refractivity contribution in [2.45, 2.75) is 12.8 Å². The fraction of sp³-hybridized carbons (Fsp3) is 0.800. The minimum atomic E-state index is 1.01. The average molecular weight is 101 g/mol. The van der Waals surface area contributed by atoms with Gasteiger partial charge in [-0.2, -0.15) is 0 Å². The van der Waals surface area contributed by atoms with E-state index >= 15 is 0 Å². The molecule has 0 atom stereocenters. The molecule has 3 N–H and O–H groups in total. The van der Waals surface area contributed by atoms with Gasteiger partial charge in [0.2, 0.25) is 0 Å². The van der Waals surface area contributed by atoms with Crippen molar-refractivity contribution < 1.29 is 0 Å². The van der Waals surface area contributed by atoms with Gasteiger partial charge in [0.15, 0.2) is 0 Å². The summed E-state index contributed by atoms with van der Waals surface area (Å²) in [5.74, 6) is 0. The first-order valence-electron chi connectivity index (χ1n) is 2.60. The second-order valence-corrected chi connectivity index (χ2v) is 1.48. The fourth-order valence-corrected chi connectivity index (χ4v) is 0.397. The summed E-state index contributed by atoms with van der Waals surface area (Å²) in [6.45, 7) is 2.76. The highest BCUT2D eigenvalue weighted by Crippen LogP contribution is 1.83. The topological polar surface area (TPSA) is 38.0 Å². The van der Waals surface area contributed by atoms with Crippen LogP contribution in [0.25, 0.3) is 0 Å². The molecule has 2 nitrogen and oxygen atoms in total. The SMILES string of the molecule is CNCCC[CH]N. The van der Waals surface area contributed by atoms with Gasteiger partial charge in [0.25, 0.3) is 0 Å². The third-order valence-corrected chi connectivity index (χ3v) is 0.798. The zero-order valence-electron chi connectivity index (χ0n) is 4.78. The standard InChI is InChI=1S/C5H13N2/c1-7-5-3-2-4-6/h4,7H,2-3,5-6H2,1H3. The second kappa shape index (κ2) is 5.92. The number of nitrogens with one attached hydrogen (secondary N) is 1. The van der Waals surface area contributed by atoms with E-state index in [4.69, 9.17) is 5.73 Å². The molecule has 0 aliphatic rings. The van der Waals surface area contributed by atoms with Gasteiger partial charge in [-0.15, -0.1) is 0 Å². The smallest absolute Gasteiger partial charge is 0.0192 e. The van der Waals surface area contributed by atoms with E-state index in [-0.39, 0.29) is 0 Å². The van der Waals surface area contributed by atoms with Gasteiger partial charge in [0, 0.05) is 6.54 Å². The van der Waals surface area contributed by atoms with Crippen LogP contribution < -0.4 is 11.1 Å². The summed E-state index contributed by atoms with van der Waals surface area (Å²) < 4.78 is 0. The molecule has 0 fully saturated rings. The molecule has 0 aromatic carbocycles. The van der Waals surface area contributed by atoms with Crippen LogP contribution in [0.1, 0.15) is 12.8 Å². The van der Waals surface area contributed by atoms with Gasteiger partial charge in [-0.3, -0.25) is 0 Å². The van der Waals surface area contributed by atoms with Crippen LogP contribution in [-0.2, 0) is 0 Å². The second-order valence-electron chi connectivity index (χ2n) is 1.48. The van der Waals surface area contributed by atoms with Crippen LogP contribution in [0.4, 0.5) is 0 Å². The van der Waals surface area contributed by atoms with Crippen molar-refractivity contribution in [3.63, 3.8) is 0 Å². The molecule has 2 heteroatoms. The number of hydrogen-bond donors (Lipinski definition) is 2. The van der Waals surface area contributed by atoms with Gasteiger partial charge >= 0.3 is 0 Å². The lowest BCUT2D eigenvalue weighted by Crippen LogP contribution is -2.07. The van der Waals surface area contributed by atoms with Gasteiger partial charge in [0.1, 0.15) is 0 Å². The Kier molecular flexibility index (Phi) is 5.85. The molecule has 0 unspecified atom stereocenters. The van der Waals surface area contributed by atoms with Crippen LogP contribution in [0.5, 0.6) is 0 Å². The first-order chi connectivity index (χ1) is 3.41. The molecule has 0 heterocycles. The number of unbranched alkanes of at least 4 members (excludes halogenated alkanes) is 1. The monoisotopic (exact) mass is 101 g/mol. The molecule has 0 aliphatic heterocycles. The minimum absolute atomic E-state index is 1.01. The van der Waals surface area contributed by atoms with Crippen LogP contribution in [0, 0.1) is 6.54 Å². The molecule has 0 aromatic rings. The van der Waals surface area contributed by atoms with Crippen molar-refractivity contribution in [3.05, 3.63) is 6.54 Å². The van der Waals surface area contributed by atoms with E-state index < -0.39 is 0 Å². The highest BCUT2D eigenvalue weighted by molar-refractivity contribution is 4.53. The molecule has 0 rings (SSSR count). The van der Waals surface area contributed by atoms with Crippen molar-refractivity contribution in [1.29, 1.82) is 0 Å². The molecule has 0 aliphatic carbocycles. The van der Waals surface area contributed by atoms with Crippen molar-refractivity contribution in [2.75, 3.05) is 13.6 Å². The number of hydrogen-bond acceptors (Lipinski definition) is 2. The molecule has 0 saturated heterocycles. The lowest BCUT2D eigenvalue weighted by molar-refractivity contribution is 0.715. The quantitative estimate of drug-likeness (QED) is 0.493. The van der Waals surface area contributed by atoms with Crippen LogP contribution in [0.2, 0.25) is 0 Å². The molecule has 1 radical (unpaired) electrons. The van der Waals surface area contributed by atoms with Gasteiger partial charge in [-0.1, -0.05) is 0 Å². The predicted octanol–water partition coefficient (Wildman–Crippen LogP) is 0.106. The molecular weight excluding hydrogens is 88.1 g/mol. The average Bonchev–Trinajstić information content (AvgIpc) is 1.69. The maximum Gasteiger partial charge on any atom is 0.0192 e. The predicted molar refractivity (Wildman–Crippen MR) is 31.6 cm³/mol. The molecule has 0 saturated carbocycles. The van der Waals surface area contributed by atoms with E-state index in [2.05, 4.69) is 5.32 Å². The van der Waals surface area contributed by atoms with Crippen molar-refractivity contribution >= 4 is 0 Å². The Morgan fingerprint density at radius 1 is 1.71 bits per heavy atom. The van der Waals surface area contributed by atoms with E-state index in [1.807, 2.05) is 7.05 Å². The minimum Gasteiger partial charge on any atom is -0.326 e. The van der Waals surface area contributed by atoms with E-state index in [0.29, 0.717) is 0 Å². The van der Waals surface area contributed by atoms with Gasteiger partial charge in [-0.25, -0.2) is 0 Å². The molecule has 43 valence electrons. The van der Waals surface area contributed by atoms with Gasteiger partial charge < -0.3 is 11.1 Å². The zero-order chi connectivity index (χ0) is 5.54. The van der Waals surface area contributed by atoms with Crippen molar-refractivity contribution in [3.8, 4) is 0 Å². The van der Waals surface area contributed by atoms with Crippen molar-refractivity contribution in [1.82, 2.24) is 5.32 Å². The normalized spacial score (nSPS) is 9.43. The van der Waals surface area contributed by atoms with E-state index in [9.17, 15) is 0 Å². The Labute approximate surface area is 45.1 Å². The Morgan fingerprint density at radius 3 is 2.86 bits per heavy atom. The Hall–Kier alpha value is -0.0800. The van der Waals surface area contributed by atoms with E-state index in [1.165, 1.54) is 0 Å². The van der Waals surface area contributed by atoms with Crippen LogP contribution in [0.3, 0.4) is 0 Å². The largest absolute Gasteiger partial charge is 0.326 e. The molecule has 7 heavy (non-hydrogen) atoms. The first-order valence-corrected chi connectivity index (χ1v) is 2.60. The maximum absolute atomic E-state index is 5.12. The summed E-state index contributed by atoms with van der Waals surface area (Å²) in [7, 11) is 1.94. The van der Waals surface area contributed by atoms with Crippen LogP contribution >= 0.6 is 0 Å². The highest BCUT2D eigenvalue weighted by Gasteiger charge is 1.79. The lowest BCUT2D eigenvalue weighted by Gasteiger charge is -1.92. The Balaban J connectivity index is 2.45. The molecule has 0 aromatic heterocycles. The fourth-order valence-electron chi connectivity index (χ4n) is 0.397. The lowest BCUT2D eigenvalue weighted by atomic mass is 10.3. The zero-order valence-corrected chi connectivity index (χ0v) is 4.78. The maximum atomic E-state index is 5.12. The van der Waals surface area contributed by atoms with E-state index in [1.54, 1.807) is 6.54 Å². The Morgan fingerprint density at radius 2 is 2.43 bits per heavy atom. The van der Waals surface area contributed by atoms with Crippen molar-refractivity contribution in [2.24, 2.45) is 5.73 Å². The van der Waals surface area contributed by atoms with E-state index in [0.717, 1.165) is 19.4 Å². The summed E-state index contributed by atoms with van der Waals surface area (Å²) in [4.78, 5) is 0. The molecule has 0 amide bonds. The summed E-state index contributed by atoms with van der Waals surface area (Å²) in [5.41, 5.74) is 5.12.